The first kappa shape index (κ1) is 17.8. The van der Waals surface area contributed by atoms with E-state index in [2.05, 4.69) is 17.4 Å². The summed E-state index contributed by atoms with van der Waals surface area (Å²) in [5.74, 6) is -0.102. The molecular formula is C19H21Cl2NO. The van der Waals surface area contributed by atoms with Gasteiger partial charge in [-0.1, -0.05) is 54.1 Å². The van der Waals surface area contributed by atoms with Crippen LogP contribution in [0.3, 0.4) is 0 Å². The Kier molecular flexibility index (Phi) is 6.49. The Morgan fingerprint density at radius 3 is 2.35 bits per heavy atom. The lowest BCUT2D eigenvalue weighted by atomic mass is 10.0. The second-order valence-electron chi connectivity index (χ2n) is 5.85. The molecule has 1 amide bonds. The molecule has 0 radical (unpaired) electrons. The van der Waals surface area contributed by atoms with Gasteiger partial charge in [0.1, 0.15) is 5.38 Å². The van der Waals surface area contributed by atoms with E-state index in [0.29, 0.717) is 6.42 Å². The fraction of sp³-hybridized carbons (Fsp3) is 0.316. The molecule has 1 unspecified atom stereocenters. The molecule has 0 heterocycles. The van der Waals surface area contributed by atoms with Gasteiger partial charge in [-0.25, -0.2) is 0 Å². The SMILES string of the molecule is CC(C)NC(=O)C(Cl)CCc1ccc(-c2ccccc2Cl)cc1. The molecule has 0 spiro atoms. The average Bonchev–Trinajstić information content (AvgIpc) is 2.53. The topological polar surface area (TPSA) is 29.1 Å². The van der Waals surface area contributed by atoms with E-state index in [1.165, 1.54) is 0 Å². The lowest BCUT2D eigenvalue weighted by Crippen LogP contribution is -2.36. The third-order valence-corrected chi connectivity index (χ3v) is 4.29. The maximum absolute atomic E-state index is 11.8. The molecule has 0 aromatic heterocycles. The highest BCUT2D eigenvalue weighted by Gasteiger charge is 2.15. The van der Waals surface area contributed by atoms with Crippen LogP contribution in [0.4, 0.5) is 0 Å². The van der Waals surface area contributed by atoms with Gasteiger partial charge in [-0.3, -0.25) is 4.79 Å². The zero-order valence-corrected chi connectivity index (χ0v) is 14.9. The Balaban J connectivity index is 1.96. The van der Waals surface area contributed by atoms with E-state index in [4.69, 9.17) is 23.2 Å². The van der Waals surface area contributed by atoms with Crippen LogP contribution in [0.2, 0.25) is 5.02 Å². The molecule has 0 fully saturated rings. The zero-order valence-electron chi connectivity index (χ0n) is 13.4. The number of carbonyl (C=O) groups is 1. The molecule has 0 aliphatic carbocycles. The molecule has 0 saturated heterocycles. The van der Waals surface area contributed by atoms with E-state index in [-0.39, 0.29) is 11.9 Å². The molecule has 1 N–H and O–H groups in total. The van der Waals surface area contributed by atoms with Gasteiger partial charge >= 0.3 is 0 Å². The molecule has 0 aliphatic rings. The number of halogens is 2. The Morgan fingerprint density at radius 2 is 1.74 bits per heavy atom. The summed E-state index contributed by atoms with van der Waals surface area (Å²) in [6.07, 6.45) is 1.38. The highest BCUT2D eigenvalue weighted by molar-refractivity contribution is 6.33. The fourth-order valence-electron chi connectivity index (χ4n) is 2.35. The van der Waals surface area contributed by atoms with Gasteiger partial charge < -0.3 is 5.32 Å². The van der Waals surface area contributed by atoms with E-state index in [1.54, 1.807) is 0 Å². The first-order valence-corrected chi connectivity index (χ1v) is 8.57. The largest absolute Gasteiger partial charge is 0.353 e. The lowest BCUT2D eigenvalue weighted by Gasteiger charge is -2.13. The number of benzene rings is 2. The van der Waals surface area contributed by atoms with Crippen molar-refractivity contribution in [1.82, 2.24) is 5.32 Å². The summed E-state index contributed by atoms with van der Waals surface area (Å²) in [7, 11) is 0. The van der Waals surface area contributed by atoms with Crippen LogP contribution < -0.4 is 5.32 Å². The molecule has 23 heavy (non-hydrogen) atoms. The molecule has 2 nitrogen and oxygen atoms in total. The van der Waals surface area contributed by atoms with Gasteiger partial charge in [-0.2, -0.15) is 0 Å². The van der Waals surface area contributed by atoms with Gasteiger partial charge in [0.2, 0.25) is 5.91 Å². The van der Waals surface area contributed by atoms with Gasteiger partial charge in [-0.15, -0.1) is 11.6 Å². The zero-order chi connectivity index (χ0) is 16.8. The maximum Gasteiger partial charge on any atom is 0.238 e. The first-order valence-electron chi connectivity index (χ1n) is 7.75. The summed E-state index contributed by atoms with van der Waals surface area (Å²) in [6.45, 7) is 3.85. The number of carbonyl (C=O) groups excluding carboxylic acids is 1. The maximum atomic E-state index is 11.8. The summed E-state index contributed by atoms with van der Waals surface area (Å²) >= 11 is 12.4. The molecule has 2 aromatic rings. The minimum Gasteiger partial charge on any atom is -0.353 e. The number of aryl methyl sites for hydroxylation is 1. The normalized spacial score (nSPS) is 12.2. The van der Waals surface area contributed by atoms with Crippen LogP contribution >= 0.6 is 23.2 Å². The molecule has 2 rings (SSSR count). The third-order valence-electron chi connectivity index (χ3n) is 3.54. The van der Waals surface area contributed by atoms with Crippen LogP contribution in [0.5, 0.6) is 0 Å². The van der Waals surface area contributed by atoms with Crippen LogP contribution in [0.25, 0.3) is 11.1 Å². The summed E-state index contributed by atoms with van der Waals surface area (Å²) in [4.78, 5) is 11.8. The minimum atomic E-state index is -0.499. The van der Waals surface area contributed by atoms with Gasteiger partial charge in [0, 0.05) is 16.6 Å². The van der Waals surface area contributed by atoms with Crippen molar-refractivity contribution in [1.29, 1.82) is 0 Å². The van der Waals surface area contributed by atoms with Crippen LogP contribution in [0.15, 0.2) is 48.5 Å². The van der Waals surface area contributed by atoms with E-state index in [0.717, 1.165) is 28.1 Å². The third kappa shape index (κ3) is 5.26. The highest BCUT2D eigenvalue weighted by atomic mass is 35.5. The van der Waals surface area contributed by atoms with E-state index in [9.17, 15) is 4.79 Å². The van der Waals surface area contributed by atoms with E-state index < -0.39 is 5.38 Å². The number of rotatable bonds is 6. The van der Waals surface area contributed by atoms with Crippen molar-refractivity contribution in [3.8, 4) is 11.1 Å². The smallest absolute Gasteiger partial charge is 0.238 e. The van der Waals surface area contributed by atoms with Crippen molar-refractivity contribution < 1.29 is 4.79 Å². The van der Waals surface area contributed by atoms with Crippen LogP contribution in [0.1, 0.15) is 25.8 Å². The van der Waals surface area contributed by atoms with Gasteiger partial charge in [0.15, 0.2) is 0 Å². The molecule has 122 valence electrons. The summed E-state index contributed by atoms with van der Waals surface area (Å²) in [5.41, 5.74) is 3.26. The van der Waals surface area contributed by atoms with Crippen molar-refractivity contribution in [3.05, 3.63) is 59.1 Å². The van der Waals surface area contributed by atoms with Crippen molar-refractivity contribution in [2.75, 3.05) is 0 Å². The van der Waals surface area contributed by atoms with Gasteiger partial charge in [0.25, 0.3) is 0 Å². The second-order valence-corrected chi connectivity index (χ2v) is 6.78. The average molecular weight is 350 g/mol. The van der Waals surface area contributed by atoms with Crippen molar-refractivity contribution in [3.63, 3.8) is 0 Å². The molecule has 0 saturated carbocycles. The number of hydrogen-bond donors (Lipinski definition) is 1. The molecule has 1 atom stereocenters. The molecule has 4 heteroatoms. The highest BCUT2D eigenvalue weighted by Crippen LogP contribution is 2.27. The Bertz CT molecular complexity index is 653. The van der Waals surface area contributed by atoms with Crippen LogP contribution in [-0.4, -0.2) is 17.3 Å². The summed E-state index contributed by atoms with van der Waals surface area (Å²) in [5, 5.41) is 3.07. The number of amides is 1. The molecule has 2 aromatic carbocycles. The van der Waals surface area contributed by atoms with Crippen molar-refractivity contribution in [2.24, 2.45) is 0 Å². The van der Waals surface area contributed by atoms with Crippen LogP contribution in [0, 0.1) is 0 Å². The van der Waals surface area contributed by atoms with Crippen molar-refractivity contribution in [2.45, 2.75) is 38.1 Å². The predicted molar refractivity (Wildman–Crippen MR) is 98.1 cm³/mol. The fourth-order valence-corrected chi connectivity index (χ4v) is 2.76. The minimum absolute atomic E-state index is 0.102. The molecular weight excluding hydrogens is 329 g/mol. The summed E-state index contributed by atoms with van der Waals surface area (Å²) < 4.78 is 0. The molecule has 0 bridgehead atoms. The predicted octanol–water partition coefficient (Wildman–Crippen LogP) is 5.07. The quantitative estimate of drug-likeness (QED) is 0.724. The van der Waals surface area contributed by atoms with Crippen molar-refractivity contribution >= 4 is 29.1 Å². The Labute approximate surface area is 147 Å². The van der Waals surface area contributed by atoms with Gasteiger partial charge in [0.05, 0.1) is 0 Å². The van der Waals surface area contributed by atoms with E-state index >= 15 is 0 Å². The van der Waals surface area contributed by atoms with Crippen LogP contribution in [-0.2, 0) is 11.2 Å². The Morgan fingerprint density at radius 1 is 1.09 bits per heavy atom. The Hall–Kier alpha value is -1.51. The second kappa shape index (κ2) is 8.37. The number of nitrogens with one attached hydrogen (secondary N) is 1. The number of alkyl halides is 1. The number of hydrogen-bond acceptors (Lipinski definition) is 1. The first-order chi connectivity index (χ1) is 11.0. The lowest BCUT2D eigenvalue weighted by molar-refractivity contribution is -0.121. The molecule has 0 aliphatic heterocycles. The van der Waals surface area contributed by atoms with Gasteiger partial charge in [-0.05, 0) is 43.9 Å². The summed E-state index contributed by atoms with van der Waals surface area (Å²) in [6, 6.07) is 16.1. The van der Waals surface area contributed by atoms with E-state index in [1.807, 2.05) is 50.2 Å². The standard InChI is InChI=1S/C19H21Cl2NO/c1-13(2)22-19(23)18(21)12-9-14-7-10-15(11-8-14)16-5-3-4-6-17(16)20/h3-8,10-11,13,18H,9,12H2,1-2H3,(H,22,23). The monoisotopic (exact) mass is 349 g/mol.